The number of carbonyl (C=O) groups excluding carboxylic acids is 1. The molecule has 0 aliphatic carbocycles. The first-order chi connectivity index (χ1) is 8.40. The molecule has 0 bridgehead atoms. The highest BCUT2D eigenvalue weighted by Gasteiger charge is 2.31. The number of anilines is 1. The number of hydrogen-bond acceptors (Lipinski definition) is 5. The van der Waals surface area contributed by atoms with E-state index in [1.165, 1.54) is 6.07 Å². The standard InChI is InChI=1S/C12H17FN2O3.ClH/c1-3-18-12(17)9(13)10(15)8-6(2)4-5-7(14)11(8)16;/h4-5,9-10,16H,3,14-15H2,1-2H3;1H/t9?,10-;/m0./s1. The smallest absolute Gasteiger partial charge is 0.342 e. The summed E-state index contributed by atoms with van der Waals surface area (Å²) in [5.74, 6) is -1.35. The minimum Gasteiger partial charge on any atom is -0.505 e. The van der Waals surface area contributed by atoms with E-state index in [9.17, 15) is 14.3 Å². The molecule has 0 saturated carbocycles. The summed E-state index contributed by atoms with van der Waals surface area (Å²) in [6, 6.07) is 1.77. The van der Waals surface area contributed by atoms with Crippen molar-refractivity contribution in [3.05, 3.63) is 23.3 Å². The molecule has 0 radical (unpaired) electrons. The van der Waals surface area contributed by atoms with Crippen LogP contribution >= 0.6 is 12.4 Å². The van der Waals surface area contributed by atoms with Gasteiger partial charge in [-0.25, -0.2) is 9.18 Å². The number of phenolic OH excluding ortho intramolecular Hbond substituents is 1. The molecule has 0 amide bonds. The van der Waals surface area contributed by atoms with Gasteiger partial charge >= 0.3 is 5.97 Å². The Morgan fingerprint density at radius 3 is 2.63 bits per heavy atom. The molecule has 7 heteroatoms. The van der Waals surface area contributed by atoms with Crippen molar-refractivity contribution in [1.82, 2.24) is 0 Å². The van der Waals surface area contributed by atoms with Gasteiger partial charge in [0.2, 0.25) is 6.17 Å². The average molecular weight is 293 g/mol. The van der Waals surface area contributed by atoms with Gasteiger partial charge in [-0.3, -0.25) is 0 Å². The second kappa shape index (κ2) is 7.16. The van der Waals surface area contributed by atoms with Gasteiger partial charge in [-0.05, 0) is 25.5 Å². The van der Waals surface area contributed by atoms with Crippen LogP contribution in [0.4, 0.5) is 10.1 Å². The Bertz CT molecular complexity index is 457. The highest BCUT2D eigenvalue weighted by atomic mass is 35.5. The van der Waals surface area contributed by atoms with E-state index < -0.39 is 18.2 Å². The fourth-order valence-corrected chi connectivity index (χ4v) is 1.66. The molecule has 19 heavy (non-hydrogen) atoms. The second-order valence-electron chi connectivity index (χ2n) is 3.91. The Hall–Kier alpha value is -1.53. The van der Waals surface area contributed by atoms with Gasteiger partial charge in [0.1, 0.15) is 5.75 Å². The van der Waals surface area contributed by atoms with E-state index in [1.807, 2.05) is 0 Å². The van der Waals surface area contributed by atoms with Crippen molar-refractivity contribution in [3.63, 3.8) is 0 Å². The Labute approximate surface area is 117 Å². The summed E-state index contributed by atoms with van der Waals surface area (Å²) >= 11 is 0. The normalized spacial score (nSPS) is 13.3. The maximum atomic E-state index is 13.8. The summed E-state index contributed by atoms with van der Waals surface area (Å²) in [5.41, 5.74) is 11.9. The van der Waals surface area contributed by atoms with E-state index in [-0.39, 0.29) is 36.0 Å². The quantitative estimate of drug-likeness (QED) is 0.445. The molecule has 0 saturated heterocycles. The summed E-state index contributed by atoms with van der Waals surface area (Å²) in [6.45, 7) is 3.28. The number of benzene rings is 1. The Morgan fingerprint density at radius 2 is 2.11 bits per heavy atom. The van der Waals surface area contributed by atoms with Gasteiger partial charge in [-0.1, -0.05) is 6.07 Å². The molecule has 5 nitrogen and oxygen atoms in total. The number of carbonyl (C=O) groups is 1. The number of rotatable bonds is 4. The lowest BCUT2D eigenvalue weighted by Gasteiger charge is -2.19. The summed E-state index contributed by atoms with van der Waals surface area (Å²) in [6.07, 6.45) is -2.05. The number of nitrogen functional groups attached to an aromatic ring is 1. The summed E-state index contributed by atoms with van der Waals surface area (Å²) in [5, 5.41) is 9.79. The summed E-state index contributed by atoms with van der Waals surface area (Å²) in [4.78, 5) is 11.3. The van der Waals surface area contributed by atoms with Crippen LogP contribution in [0, 0.1) is 6.92 Å². The SMILES string of the molecule is CCOC(=O)C(F)[C@@H](N)c1c(C)ccc(N)c1O.Cl. The van der Waals surface area contributed by atoms with E-state index in [4.69, 9.17) is 11.5 Å². The number of phenols is 1. The lowest BCUT2D eigenvalue weighted by Crippen LogP contribution is -2.32. The molecule has 0 aliphatic heterocycles. The third-order valence-corrected chi connectivity index (χ3v) is 2.63. The van der Waals surface area contributed by atoms with Gasteiger partial charge < -0.3 is 21.3 Å². The van der Waals surface area contributed by atoms with E-state index in [2.05, 4.69) is 4.74 Å². The molecular weight excluding hydrogens is 275 g/mol. The van der Waals surface area contributed by atoms with Gasteiger partial charge in [-0.2, -0.15) is 0 Å². The average Bonchev–Trinajstić information content (AvgIpc) is 2.33. The van der Waals surface area contributed by atoms with Crippen molar-refractivity contribution in [3.8, 4) is 5.75 Å². The number of halogens is 2. The number of aryl methyl sites for hydroxylation is 1. The van der Waals surface area contributed by atoms with Crippen molar-refractivity contribution in [1.29, 1.82) is 0 Å². The predicted octanol–water partition coefficient (Wildman–Crippen LogP) is 1.61. The molecule has 0 aliphatic rings. The second-order valence-corrected chi connectivity index (χ2v) is 3.91. The number of ether oxygens (including phenoxy) is 1. The number of aromatic hydroxyl groups is 1. The molecule has 5 N–H and O–H groups in total. The summed E-state index contributed by atoms with van der Waals surface area (Å²) < 4.78 is 18.4. The van der Waals surface area contributed by atoms with Crippen LogP contribution < -0.4 is 11.5 Å². The first kappa shape index (κ1) is 17.5. The molecule has 0 heterocycles. The third-order valence-electron chi connectivity index (χ3n) is 2.63. The minimum atomic E-state index is -2.05. The molecule has 1 aromatic rings. The number of alkyl halides is 1. The van der Waals surface area contributed by atoms with Crippen LogP contribution in [-0.4, -0.2) is 23.9 Å². The monoisotopic (exact) mass is 292 g/mol. The van der Waals surface area contributed by atoms with Crippen LogP contribution in [0.25, 0.3) is 0 Å². The first-order valence-corrected chi connectivity index (χ1v) is 5.54. The third kappa shape index (κ3) is 3.71. The largest absolute Gasteiger partial charge is 0.505 e. The van der Waals surface area contributed by atoms with Crippen LogP contribution in [0.1, 0.15) is 24.1 Å². The molecule has 2 atom stereocenters. The lowest BCUT2D eigenvalue weighted by molar-refractivity contribution is -0.149. The highest BCUT2D eigenvalue weighted by Crippen LogP contribution is 2.34. The van der Waals surface area contributed by atoms with Gasteiger partial charge in [0.25, 0.3) is 0 Å². The Kier molecular flexibility index (Phi) is 6.58. The molecule has 0 aromatic heterocycles. The number of esters is 1. The fraction of sp³-hybridized carbons (Fsp3) is 0.417. The molecule has 1 rings (SSSR count). The van der Waals surface area contributed by atoms with Gasteiger partial charge in [0.15, 0.2) is 0 Å². The topological polar surface area (TPSA) is 98.6 Å². The Morgan fingerprint density at radius 1 is 1.53 bits per heavy atom. The molecule has 0 spiro atoms. The first-order valence-electron chi connectivity index (χ1n) is 5.54. The van der Waals surface area contributed by atoms with Crippen molar-refractivity contribution >= 4 is 24.1 Å². The van der Waals surface area contributed by atoms with E-state index in [1.54, 1.807) is 19.9 Å². The molecular formula is C12H18ClFN2O3. The molecule has 1 unspecified atom stereocenters. The van der Waals surface area contributed by atoms with Crippen LogP contribution in [0.3, 0.4) is 0 Å². The fourth-order valence-electron chi connectivity index (χ4n) is 1.66. The van der Waals surface area contributed by atoms with Crippen LogP contribution in [0.15, 0.2) is 12.1 Å². The van der Waals surface area contributed by atoms with Crippen molar-refractivity contribution in [2.45, 2.75) is 26.1 Å². The van der Waals surface area contributed by atoms with Crippen LogP contribution in [0.5, 0.6) is 5.75 Å². The minimum absolute atomic E-state index is 0. The van der Waals surface area contributed by atoms with E-state index >= 15 is 0 Å². The molecule has 1 aromatic carbocycles. The van der Waals surface area contributed by atoms with Crippen molar-refractivity contribution in [2.24, 2.45) is 5.73 Å². The van der Waals surface area contributed by atoms with Gasteiger partial charge in [0, 0.05) is 5.56 Å². The zero-order valence-corrected chi connectivity index (χ0v) is 11.5. The van der Waals surface area contributed by atoms with E-state index in [0.29, 0.717) is 5.56 Å². The molecule has 108 valence electrons. The highest BCUT2D eigenvalue weighted by molar-refractivity contribution is 5.85. The maximum absolute atomic E-state index is 13.8. The summed E-state index contributed by atoms with van der Waals surface area (Å²) in [7, 11) is 0. The lowest BCUT2D eigenvalue weighted by atomic mass is 9.96. The number of nitrogens with two attached hydrogens (primary N) is 2. The predicted molar refractivity (Wildman–Crippen MR) is 73.0 cm³/mol. The van der Waals surface area contributed by atoms with E-state index in [0.717, 1.165) is 0 Å². The Balaban J connectivity index is 0.00000324. The maximum Gasteiger partial charge on any atom is 0.342 e. The zero-order valence-electron chi connectivity index (χ0n) is 10.7. The van der Waals surface area contributed by atoms with Gasteiger partial charge in [0.05, 0.1) is 18.3 Å². The van der Waals surface area contributed by atoms with Crippen LogP contribution in [0.2, 0.25) is 0 Å². The van der Waals surface area contributed by atoms with Crippen LogP contribution in [-0.2, 0) is 9.53 Å². The van der Waals surface area contributed by atoms with Gasteiger partial charge in [-0.15, -0.1) is 12.4 Å². The number of hydrogen-bond donors (Lipinski definition) is 3. The van der Waals surface area contributed by atoms with Crippen molar-refractivity contribution in [2.75, 3.05) is 12.3 Å². The van der Waals surface area contributed by atoms with Crippen molar-refractivity contribution < 1.29 is 19.0 Å². The zero-order chi connectivity index (χ0) is 13.9. The molecule has 0 fully saturated rings.